The van der Waals surface area contributed by atoms with E-state index < -0.39 is 0 Å². The average Bonchev–Trinajstić information content (AvgIpc) is 3.38. The average molecular weight is 430 g/mol. The second kappa shape index (κ2) is 9.22. The number of aryl methyl sites for hydroxylation is 2. The molecule has 0 atom stereocenters. The fourth-order valence-electron chi connectivity index (χ4n) is 4.14. The van der Waals surface area contributed by atoms with Gasteiger partial charge in [0.05, 0.1) is 18.4 Å². The Morgan fingerprint density at radius 2 is 1.81 bits per heavy atom. The maximum absolute atomic E-state index is 13.6. The molecule has 0 fully saturated rings. The summed E-state index contributed by atoms with van der Waals surface area (Å²) in [4.78, 5) is 34.5. The molecule has 6 heteroatoms. The van der Waals surface area contributed by atoms with Gasteiger partial charge in [-0.25, -0.2) is 0 Å². The monoisotopic (exact) mass is 429 g/mol. The lowest BCUT2D eigenvalue weighted by atomic mass is 9.97. The fraction of sp³-hybridized carbons (Fsp3) is 0.269. The molecule has 6 nitrogen and oxygen atoms in total. The zero-order valence-corrected chi connectivity index (χ0v) is 18.7. The van der Waals surface area contributed by atoms with Gasteiger partial charge in [0.1, 0.15) is 11.5 Å². The molecule has 3 heterocycles. The smallest absolute Gasteiger partial charge is 0.278 e. The van der Waals surface area contributed by atoms with Crippen LogP contribution in [0.1, 0.15) is 34.9 Å². The Bertz CT molecular complexity index is 1150. The summed E-state index contributed by atoms with van der Waals surface area (Å²) >= 11 is 0. The molecule has 164 valence electrons. The molecule has 0 unspecified atom stereocenters. The van der Waals surface area contributed by atoms with Crippen LogP contribution in [0.5, 0.6) is 0 Å². The molecule has 0 saturated carbocycles. The Balaban J connectivity index is 1.73. The first-order chi connectivity index (χ1) is 15.5. The van der Waals surface area contributed by atoms with Crippen molar-refractivity contribution in [2.45, 2.75) is 33.7 Å². The molecule has 0 spiro atoms. The molecule has 0 aliphatic carbocycles. The van der Waals surface area contributed by atoms with E-state index in [0.29, 0.717) is 30.1 Å². The van der Waals surface area contributed by atoms with Gasteiger partial charge in [-0.1, -0.05) is 23.8 Å². The quantitative estimate of drug-likeness (QED) is 0.504. The van der Waals surface area contributed by atoms with Gasteiger partial charge < -0.3 is 9.32 Å². The molecule has 1 aromatic carbocycles. The van der Waals surface area contributed by atoms with Crippen LogP contribution in [-0.4, -0.2) is 39.7 Å². The molecule has 1 aliphatic rings. The summed E-state index contributed by atoms with van der Waals surface area (Å²) in [6, 6.07) is 13.4. The van der Waals surface area contributed by atoms with E-state index in [2.05, 4.69) is 4.98 Å². The van der Waals surface area contributed by atoms with Gasteiger partial charge in [-0.2, -0.15) is 0 Å². The van der Waals surface area contributed by atoms with Gasteiger partial charge in [-0.15, -0.1) is 0 Å². The number of amides is 2. The van der Waals surface area contributed by atoms with Crippen molar-refractivity contribution in [2.75, 3.05) is 13.1 Å². The standard InChI is InChI=1S/C26H27N3O3/c1-4-28(14-11-20-9-12-27-13-10-20)24-23(22-8-7-18(2)16-19(22)3)25(30)29(26(24)31)17-21-6-5-15-32-21/h5-10,12-13,15-16H,4,11,14,17H2,1-3H3. The van der Waals surface area contributed by atoms with E-state index >= 15 is 0 Å². The molecular weight excluding hydrogens is 402 g/mol. The number of carbonyl (C=O) groups is 2. The molecule has 2 aromatic heterocycles. The third-order valence-electron chi connectivity index (χ3n) is 5.81. The lowest BCUT2D eigenvalue weighted by molar-refractivity contribution is -0.138. The van der Waals surface area contributed by atoms with Crippen molar-refractivity contribution in [1.29, 1.82) is 0 Å². The van der Waals surface area contributed by atoms with E-state index in [4.69, 9.17) is 4.42 Å². The number of hydrogen-bond donors (Lipinski definition) is 0. The molecule has 0 N–H and O–H groups in total. The highest BCUT2D eigenvalue weighted by molar-refractivity contribution is 6.35. The molecule has 1 aliphatic heterocycles. The van der Waals surface area contributed by atoms with Crippen LogP contribution >= 0.6 is 0 Å². The number of benzene rings is 1. The second-order valence-electron chi connectivity index (χ2n) is 8.00. The molecule has 32 heavy (non-hydrogen) atoms. The number of furan rings is 1. The number of carbonyl (C=O) groups excluding carboxylic acids is 2. The molecule has 0 saturated heterocycles. The van der Waals surface area contributed by atoms with E-state index in [1.165, 1.54) is 4.90 Å². The summed E-state index contributed by atoms with van der Waals surface area (Å²) in [6.07, 6.45) is 5.83. The van der Waals surface area contributed by atoms with E-state index in [9.17, 15) is 9.59 Å². The van der Waals surface area contributed by atoms with Crippen LogP contribution in [0.4, 0.5) is 0 Å². The van der Waals surface area contributed by atoms with Gasteiger partial charge in [0.15, 0.2) is 0 Å². The maximum atomic E-state index is 13.6. The number of likely N-dealkylation sites (N-methyl/N-ethyl adjacent to an activating group) is 1. The third kappa shape index (κ3) is 4.21. The van der Waals surface area contributed by atoms with Crippen LogP contribution < -0.4 is 0 Å². The largest absolute Gasteiger partial charge is 0.467 e. The van der Waals surface area contributed by atoms with E-state index in [1.807, 2.05) is 56.0 Å². The molecule has 3 aromatic rings. The number of aromatic nitrogens is 1. The number of rotatable bonds is 8. The highest BCUT2D eigenvalue weighted by Crippen LogP contribution is 2.34. The third-order valence-corrected chi connectivity index (χ3v) is 5.81. The van der Waals surface area contributed by atoms with E-state index in [1.54, 1.807) is 30.8 Å². The van der Waals surface area contributed by atoms with E-state index in [0.717, 1.165) is 28.7 Å². The normalized spacial score (nSPS) is 13.9. The Kier molecular flexibility index (Phi) is 6.21. The summed E-state index contributed by atoms with van der Waals surface area (Å²) in [5, 5.41) is 0. The number of nitrogens with zero attached hydrogens (tertiary/aromatic N) is 3. The Labute approximate surface area is 188 Å². The molecule has 0 radical (unpaired) electrons. The van der Waals surface area contributed by atoms with Crippen LogP contribution in [0.3, 0.4) is 0 Å². The maximum Gasteiger partial charge on any atom is 0.278 e. The van der Waals surface area contributed by atoms with Crippen molar-refractivity contribution in [3.05, 3.63) is 94.8 Å². The van der Waals surface area contributed by atoms with Crippen molar-refractivity contribution in [2.24, 2.45) is 0 Å². The Morgan fingerprint density at radius 3 is 2.47 bits per heavy atom. The SMILES string of the molecule is CCN(CCc1ccncc1)C1=C(c2ccc(C)cc2C)C(=O)N(Cc2ccco2)C1=O. The second-order valence-corrected chi connectivity index (χ2v) is 8.00. The van der Waals surface area contributed by atoms with Crippen molar-refractivity contribution < 1.29 is 14.0 Å². The summed E-state index contributed by atoms with van der Waals surface area (Å²) < 4.78 is 5.42. The van der Waals surface area contributed by atoms with Crippen molar-refractivity contribution in [1.82, 2.24) is 14.8 Å². The minimum atomic E-state index is -0.282. The number of hydrogen-bond acceptors (Lipinski definition) is 5. The molecular formula is C26H27N3O3. The van der Waals surface area contributed by atoms with Gasteiger partial charge in [-0.3, -0.25) is 19.5 Å². The topological polar surface area (TPSA) is 66.7 Å². The number of pyridine rings is 1. The summed E-state index contributed by atoms with van der Waals surface area (Å²) in [7, 11) is 0. The van der Waals surface area contributed by atoms with Gasteiger partial charge in [0.2, 0.25) is 0 Å². The predicted octanol–water partition coefficient (Wildman–Crippen LogP) is 4.14. The first-order valence-electron chi connectivity index (χ1n) is 10.8. The van der Waals surface area contributed by atoms with Crippen molar-refractivity contribution in [3.63, 3.8) is 0 Å². The van der Waals surface area contributed by atoms with Crippen LogP contribution in [-0.2, 0) is 22.6 Å². The van der Waals surface area contributed by atoms with Crippen LogP contribution in [0, 0.1) is 13.8 Å². The van der Waals surface area contributed by atoms with Gasteiger partial charge in [0, 0.05) is 25.5 Å². The lowest BCUT2D eigenvalue weighted by Crippen LogP contribution is -2.35. The Morgan fingerprint density at radius 1 is 1.03 bits per heavy atom. The van der Waals surface area contributed by atoms with E-state index in [-0.39, 0.29) is 18.4 Å². The highest BCUT2D eigenvalue weighted by atomic mass is 16.3. The minimum Gasteiger partial charge on any atom is -0.467 e. The summed E-state index contributed by atoms with van der Waals surface area (Å²) in [6.45, 7) is 7.36. The fourth-order valence-corrected chi connectivity index (χ4v) is 4.14. The van der Waals surface area contributed by atoms with Crippen LogP contribution in [0.2, 0.25) is 0 Å². The first kappa shape index (κ1) is 21.6. The first-order valence-corrected chi connectivity index (χ1v) is 10.8. The summed E-state index contributed by atoms with van der Waals surface area (Å²) in [5.41, 5.74) is 4.96. The van der Waals surface area contributed by atoms with Crippen LogP contribution in [0.15, 0.2) is 71.2 Å². The Hall–Kier alpha value is -3.67. The number of imide groups is 1. The van der Waals surface area contributed by atoms with Crippen molar-refractivity contribution >= 4 is 17.4 Å². The van der Waals surface area contributed by atoms with Crippen molar-refractivity contribution in [3.8, 4) is 0 Å². The van der Waals surface area contributed by atoms with Gasteiger partial charge >= 0.3 is 0 Å². The minimum absolute atomic E-state index is 0.116. The van der Waals surface area contributed by atoms with Crippen LogP contribution in [0.25, 0.3) is 5.57 Å². The highest BCUT2D eigenvalue weighted by Gasteiger charge is 2.42. The van der Waals surface area contributed by atoms with Gasteiger partial charge in [0.25, 0.3) is 11.8 Å². The lowest BCUT2D eigenvalue weighted by Gasteiger charge is -2.25. The molecule has 4 rings (SSSR count). The molecule has 0 bridgehead atoms. The zero-order valence-electron chi connectivity index (χ0n) is 18.7. The van der Waals surface area contributed by atoms with Gasteiger partial charge in [-0.05, 0) is 68.1 Å². The predicted molar refractivity (Wildman–Crippen MR) is 122 cm³/mol. The zero-order chi connectivity index (χ0) is 22.7. The molecule has 2 amide bonds. The summed E-state index contributed by atoms with van der Waals surface area (Å²) in [5.74, 6) is 0.0152.